The van der Waals surface area contributed by atoms with Gasteiger partial charge in [-0.3, -0.25) is 19.4 Å². The first-order valence-corrected chi connectivity index (χ1v) is 11.9. The van der Waals surface area contributed by atoms with Crippen molar-refractivity contribution in [2.45, 2.75) is 59.5 Å². The highest BCUT2D eigenvalue weighted by Gasteiger charge is 2.27. The molecule has 2 N–H and O–H groups in total. The van der Waals surface area contributed by atoms with Crippen molar-refractivity contribution in [3.63, 3.8) is 0 Å². The lowest BCUT2D eigenvalue weighted by molar-refractivity contribution is -0.138. The van der Waals surface area contributed by atoms with E-state index in [4.69, 9.17) is 0 Å². The molecule has 0 saturated heterocycles. The molecule has 1 unspecified atom stereocenters. The molecule has 0 fully saturated rings. The summed E-state index contributed by atoms with van der Waals surface area (Å²) in [7, 11) is 0. The second-order valence-electron chi connectivity index (χ2n) is 9.64. The summed E-state index contributed by atoms with van der Waals surface area (Å²) in [6, 6.07) is 7.80. The maximum atomic E-state index is 13.8. The SMILES string of the molecule is Cc1ccn(C(CC(C)C)C(=O)N[C@@H](CC(=O)O)c2ccnc(-c3c(C)cc(F)cc3C)c2)c(=O)c1. The molecule has 3 aromatic rings. The van der Waals surface area contributed by atoms with E-state index in [1.807, 2.05) is 13.8 Å². The molecule has 0 aliphatic heterocycles. The summed E-state index contributed by atoms with van der Waals surface area (Å²) in [5.74, 6) is -1.75. The zero-order valence-corrected chi connectivity index (χ0v) is 21.2. The molecule has 1 amide bonds. The third kappa shape index (κ3) is 6.44. The molecule has 2 atom stereocenters. The van der Waals surface area contributed by atoms with Gasteiger partial charge in [-0.15, -0.1) is 0 Å². The van der Waals surface area contributed by atoms with Gasteiger partial charge in [0, 0.05) is 24.0 Å². The Bertz CT molecular complexity index is 1310. The van der Waals surface area contributed by atoms with Crippen LogP contribution in [-0.4, -0.2) is 26.5 Å². The van der Waals surface area contributed by atoms with Crippen molar-refractivity contribution in [3.8, 4) is 11.3 Å². The first-order valence-electron chi connectivity index (χ1n) is 11.9. The van der Waals surface area contributed by atoms with Gasteiger partial charge in [-0.2, -0.15) is 0 Å². The van der Waals surface area contributed by atoms with Crippen molar-refractivity contribution in [2.24, 2.45) is 5.92 Å². The molecule has 8 heteroatoms. The number of carbonyl (C=O) groups excluding carboxylic acids is 1. The zero-order chi connectivity index (χ0) is 26.6. The van der Waals surface area contributed by atoms with Gasteiger partial charge < -0.3 is 15.0 Å². The van der Waals surface area contributed by atoms with Crippen LogP contribution in [0.25, 0.3) is 11.3 Å². The number of hydrogen-bond donors (Lipinski definition) is 2. The summed E-state index contributed by atoms with van der Waals surface area (Å²) in [5.41, 5.74) is 3.76. The zero-order valence-electron chi connectivity index (χ0n) is 21.2. The van der Waals surface area contributed by atoms with Crippen LogP contribution in [0.2, 0.25) is 0 Å². The molecule has 7 nitrogen and oxygen atoms in total. The van der Waals surface area contributed by atoms with Gasteiger partial charge in [0.2, 0.25) is 5.91 Å². The molecule has 0 radical (unpaired) electrons. The topological polar surface area (TPSA) is 101 Å². The number of carbonyl (C=O) groups is 2. The standard InChI is InChI=1S/C28H32FN3O4/c1-16(2)10-24(32-9-7-17(3)11-25(32)33)28(36)31-22(15-26(34)35)20-6-8-30-23(14-20)27-18(4)12-21(29)13-19(27)5/h6-9,11-14,16,22,24H,10,15H2,1-5H3,(H,31,36)(H,34,35)/t22-,24?/m0/s1. The lowest BCUT2D eigenvalue weighted by Gasteiger charge is -2.25. The molecule has 2 heterocycles. The number of rotatable bonds is 9. The van der Waals surface area contributed by atoms with Crippen molar-refractivity contribution >= 4 is 11.9 Å². The highest BCUT2D eigenvalue weighted by atomic mass is 19.1. The van der Waals surface area contributed by atoms with Crippen LogP contribution in [0.3, 0.4) is 0 Å². The molecule has 36 heavy (non-hydrogen) atoms. The van der Waals surface area contributed by atoms with E-state index in [9.17, 15) is 23.9 Å². The number of nitrogens with zero attached hydrogens (tertiary/aromatic N) is 2. The largest absolute Gasteiger partial charge is 0.481 e. The Kier molecular flexibility index (Phi) is 8.40. The monoisotopic (exact) mass is 493 g/mol. The lowest BCUT2D eigenvalue weighted by atomic mass is 9.96. The van der Waals surface area contributed by atoms with Gasteiger partial charge in [0.05, 0.1) is 18.2 Å². The number of amides is 1. The molecule has 0 aliphatic rings. The number of hydrogen-bond acceptors (Lipinski definition) is 4. The van der Waals surface area contributed by atoms with E-state index < -0.39 is 24.0 Å². The van der Waals surface area contributed by atoms with Crippen LogP contribution < -0.4 is 10.9 Å². The first-order chi connectivity index (χ1) is 17.0. The number of aliphatic carboxylic acids is 1. The van der Waals surface area contributed by atoms with Crippen LogP contribution in [0.5, 0.6) is 0 Å². The highest BCUT2D eigenvalue weighted by molar-refractivity contribution is 5.81. The van der Waals surface area contributed by atoms with Crippen LogP contribution >= 0.6 is 0 Å². The Hall–Kier alpha value is -3.81. The van der Waals surface area contributed by atoms with Gasteiger partial charge in [-0.25, -0.2) is 4.39 Å². The summed E-state index contributed by atoms with van der Waals surface area (Å²) >= 11 is 0. The van der Waals surface area contributed by atoms with E-state index >= 15 is 0 Å². The lowest BCUT2D eigenvalue weighted by Crippen LogP contribution is -2.40. The Morgan fingerprint density at radius 2 is 1.75 bits per heavy atom. The van der Waals surface area contributed by atoms with Gasteiger partial charge in [0.15, 0.2) is 0 Å². The maximum Gasteiger partial charge on any atom is 0.305 e. The van der Waals surface area contributed by atoms with E-state index in [0.717, 1.165) is 11.1 Å². The minimum absolute atomic E-state index is 0.115. The molecule has 0 bridgehead atoms. The fourth-order valence-electron chi connectivity index (χ4n) is 4.45. The fraction of sp³-hybridized carbons (Fsp3) is 0.357. The molecule has 2 aromatic heterocycles. The molecule has 1 aromatic carbocycles. The second-order valence-corrected chi connectivity index (χ2v) is 9.64. The number of nitrogens with one attached hydrogen (secondary N) is 1. The molecule has 0 saturated carbocycles. The predicted molar refractivity (Wildman–Crippen MR) is 136 cm³/mol. The van der Waals surface area contributed by atoms with E-state index in [1.165, 1.54) is 22.8 Å². The molecule has 190 valence electrons. The van der Waals surface area contributed by atoms with E-state index in [-0.39, 0.29) is 23.7 Å². The van der Waals surface area contributed by atoms with Crippen molar-refractivity contribution in [1.82, 2.24) is 14.9 Å². The van der Waals surface area contributed by atoms with Crippen LogP contribution in [-0.2, 0) is 9.59 Å². The number of carboxylic acids is 1. The number of benzene rings is 1. The minimum atomic E-state index is -1.08. The number of aryl methyl sites for hydroxylation is 3. The van der Waals surface area contributed by atoms with E-state index in [0.29, 0.717) is 28.8 Å². The third-order valence-corrected chi connectivity index (χ3v) is 6.07. The second kappa shape index (κ2) is 11.3. The van der Waals surface area contributed by atoms with Gasteiger partial charge in [-0.1, -0.05) is 13.8 Å². The highest BCUT2D eigenvalue weighted by Crippen LogP contribution is 2.29. The van der Waals surface area contributed by atoms with Gasteiger partial charge in [0.1, 0.15) is 11.9 Å². The smallest absolute Gasteiger partial charge is 0.305 e. The normalized spacial score (nSPS) is 12.9. The van der Waals surface area contributed by atoms with Gasteiger partial charge in [0.25, 0.3) is 5.56 Å². The summed E-state index contributed by atoms with van der Waals surface area (Å²) < 4.78 is 15.2. The molecule has 0 aliphatic carbocycles. The minimum Gasteiger partial charge on any atom is -0.481 e. The molecule has 0 spiro atoms. The van der Waals surface area contributed by atoms with Crippen molar-refractivity contribution in [1.29, 1.82) is 0 Å². The molecular formula is C28H32FN3O4. The van der Waals surface area contributed by atoms with Gasteiger partial charge >= 0.3 is 5.97 Å². The molecule has 3 rings (SSSR count). The number of carboxylic acid groups (broad SMARTS) is 1. The Balaban J connectivity index is 1.99. The third-order valence-electron chi connectivity index (χ3n) is 6.07. The Morgan fingerprint density at radius 1 is 1.08 bits per heavy atom. The van der Waals surface area contributed by atoms with E-state index in [2.05, 4.69) is 10.3 Å². The number of halogens is 1. The fourth-order valence-corrected chi connectivity index (χ4v) is 4.45. The average Bonchev–Trinajstić information content (AvgIpc) is 2.76. The average molecular weight is 494 g/mol. The summed E-state index contributed by atoms with van der Waals surface area (Å²) in [6.07, 6.45) is 3.20. The number of aromatic nitrogens is 2. The van der Waals surface area contributed by atoms with Gasteiger partial charge in [-0.05, 0) is 85.7 Å². The van der Waals surface area contributed by atoms with Crippen molar-refractivity contribution in [2.75, 3.05) is 0 Å². The quantitative estimate of drug-likeness (QED) is 0.442. The predicted octanol–water partition coefficient (Wildman–Crippen LogP) is 4.89. The van der Waals surface area contributed by atoms with Crippen LogP contribution in [0.1, 0.15) is 61.0 Å². The van der Waals surface area contributed by atoms with Crippen molar-refractivity contribution in [3.05, 3.63) is 87.2 Å². The van der Waals surface area contributed by atoms with E-state index in [1.54, 1.807) is 51.4 Å². The summed E-state index contributed by atoms with van der Waals surface area (Å²) in [4.78, 5) is 42.2. The van der Waals surface area contributed by atoms with Crippen LogP contribution in [0.4, 0.5) is 4.39 Å². The maximum absolute atomic E-state index is 13.8. The Labute approximate surface area is 210 Å². The first kappa shape index (κ1) is 26.8. The van der Waals surface area contributed by atoms with Crippen LogP contribution in [0, 0.1) is 32.5 Å². The molecular weight excluding hydrogens is 461 g/mol. The summed E-state index contributed by atoms with van der Waals surface area (Å²) in [6.45, 7) is 9.28. The Morgan fingerprint density at radius 3 is 2.33 bits per heavy atom. The van der Waals surface area contributed by atoms with Crippen molar-refractivity contribution < 1.29 is 19.1 Å². The summed E-state index contributed by atoms with van der Waals surface area (Å²) in [5, 5.41) is 12.4. The number of pyridine rings is 2. The van der Waals surface area contributed by atoms with Crippen LogP contribution in [0.15, 0.2) is 53.6 Å².